The van der Waals surface area contributed by atoms with E-state index < -0.39 is 16.8 Å². The molecular formula is C28H25N3O6S. The van der Waals surface area contributed by atoms with Crippen LogP contribution in [0.5, 0.6) is 5.75 Å². The van der Waals surface area contributed by atoms with Crippen LogP contribution in [0.1, 0.15) is 51.7 Å². The lowest BCUT2D eigenvalue weighted by Gasteiger charge is -2.12. The molecule has 1 aliphatic rings. The molecule has 10 heteroatoms. The van der Waals surface area contributed by atoms with Gasteiger partial charge in [0.25, 0.3) is 11.6 Å². The molecule has 0 radical (unpaired) electrons. The molecule has 0 aliphatic heterocycles. The average Bonchev–Trinajstić information content (AvgIpc) is 3.29. The normalized spacial score (nSPS) is 12.7. The zero-order valence-electron chi connectivity index (χ0n) is 20.7. The number of amides is 1. The quantitative estimate of drug-likeness (QED) is 0.121. The Morgan fingerprint density at radius 3 is 2.61 bits per heavy atom. The second-order valence-electron chi connectivity index (χ2n) is 8.51. The van der Waals surface area contributed by atoms with Crippen molar-refractivity contribution in [2.45, 2.75) is 39.2 Å². The first-order chi connectivity index (χ1) is 18.4. The van der Waals surface area contributed by atoms with Crippen LogP contribution in [-0.2, 0) is 29.0 Å². The number of nitrogens with one attached hydrogen (secondary N) is 1. The Kier molecular flexibility index (Phi) is 8.51. The molecule has 1 aromatic heterocycles. The molecule has 1 amide bonds. The van der Waals surface area contributed by atoms with Gasteiger partial charge in [-0.15, -0.1) is 11.3 Å². The summed E-state index contributed by atoms with van der Waals surface area (Å²) in [5, 5.41) is 23.8. The van der Waals surface area contributed by atoms with E-state index in [-0.39, 0.29) is 24.5 Å². The monoisotopic (exact) mass is 531 g/mol. The highest BCUT2D eigenvalue weighted by atomic mass is 32.1. The Bertz CT molecular complexity index is 1440. The Labute approximate surface area is 223 Å². The summed E-state index contributed by atoms with van der Waals surface area (Å²) < 4.78 is 11.1. The zero-order valence-corrected chi connectivity index (χ0v) is 21.5. The fourth-order valence-corrected chi connectivity index (χ4v) is 5.43. The predicted molar refractivity (Wildman–Crippen MR) is 143 cm³/mol. The first-order valence-electron chi connectivity index (χ1n) is 12.1. The highest BCUT2D eigenvalue weighted by molar-refractivity contribution is 7.17. The molecular weight excluding hydrogens is 506 g/mol. The number of anilines is 1. The van der Waals surface area contributed by atoms with Crippen LogP contribution in [0.4, 0.5) is 10.7 Å². The van der Waals surface area contributed by atoms with Crippen LogP contribution in [0.3, 0.4) is 0 Å². The number of para-hydroxylation sites is 1. The maximum absolute atomic E-state index is 13.1. The SMILES string of the molecule is CCOC(=O)c1c(NC(=O)/C(C#N)=C/c2ccccc2OCc2ccc([N+](=O)[O-])cc2)sc2c1CCCC2. The fourth-order valence-electron chi connectivity index (χ4n) is 4.15. The van der Waals surface area contributed by atoms with E-state index >= 15 is 0 Å². The summed E-state index contributed by atoms with van der Waals surface area (Å²) in [6.45, 7) is 2.09. The maximum Gasteiger partial charge on any atom is 0.341 e. The number of nitro benzene ring substituents is 1. The minimum atomic E-state index is -0.637. The van der Waals surface area contributed by atoms with E-state index in [9.17, 15) is 25.0 Å². The lowest BCUT2D eigenvalue weighted by molar-refractivity contribution is -0.384. The van der Waals surface area contributed by atoms with E-state index in [2.05, 4.69) is 5.32 Å². The van der Waals surface area contributed by atoms with Gasteiger partial charge in [0.1, 0.15) is 29.0 Å². The van der Waals surface area contributed by atoms with Gasteiger partial charge in [0.15, 0.2) is 0 Å². The summed E-state index contributed by atoms with van der Waals surface area (Å²) >= 11 is 1.35. The number of hydrogen-bond acceptors (Lipinski definition) is 8. The number of fused-ring (bicyclic) bond motifs is 1. The average molecular weight is 532 g/mol. The van der Waals surface area contributed by atoms with Crippen molar-refractivity contribution in [2.24, 2.45) is 0 Å². The second-order valence-corrected chi connectivity index (χ2v) is 9.61. The number of benzene rings is 2. The molecule has 1 N–H and O–H groups in total. The predicted octanol–water partition coefficient (Wildman–Crippen LogP) is 5.84. The minimum absolute atomic E-state index is 0.0144. The van der Waals surface area contributed by atoms with Crippen molar-refractivity contribution in [1.82, 2.24) is 0 Å². The number of esters is 1. The third-order valence-corrected chi connectivity index (χ3v) is 7.21. The van der Waals surface area contributed by atoms with Gasteiger partial charge in [0, 0.05) is 22.6 Å². The van der Waals surface area contributed by atoms with Crippen LogP contribution in [-0.4, -0.2) is 23.4 Å². The molecule has 4 rings (SSSR count). The molecule has 9 nitrogen and oxygen atoms in total. The number of nitriles is 1. The van der Waals surface area contributed by atoms with E-state index in [0.717, 1.165) is 41.7 Å². The molecule has 0 atom stereocenters. The van der Waals surface area contributed by atoms with Crippen LogP contribution in [0.25, 0.3) is 6.08 Å². The number of non-ortho nitro benzene ring substituents is 1. The van der Waals surface area contributed by atoms with Gasteiger partial charge in [-0.1, -0.05) is 18.2 Å². The molecule has 1 aliphatic carbocycles. The molecule has 3 aromatic rings. The largest absolute Gasteiger partial charge is 0.488 e. The number of ether oxygens (including phenoxy) is 2. The van der Waals surface area contributed by atoms with Gasteiger partial charge < -0.3 is 14.8 Å². The van der Waals surface area contributed by atoms with Crippen LogP contribution in [0.15, 0.2) is 54.1 Å². The summed E-state index contributed by atoms with van der Waals surface area (Å²) in [6, 6.07) is 14.9. The first-order valence-corrected chi connectivity index (χ1v) is 12.9. The summed E-state index contributed by atoms with van der Waals surface area (Å²) in [7, 11) is 0. The molecule has 0 spiro atoms. The number of nitrogens with zero attached hydrogens (tertiary/aromatic N) is 2. The molecule has 2 aromatic carbocycles. The summed E-state index contributed by atoms with van der Waals surface area (Å²) in [5.41, 5.74) is 2.36. The number of nitro groups is 1. The third-order valence-electron chi connectivity index (χ3n) is 6.00. The van der Waals surface area contributed by atoms with Crippen LogP contribution in [0.2, 0.25) is 0 Å². The van der Waals surface area contributed by atoms with E-state index in [0.29, 0.717) is 21.9 Å². The summed E-state index contributed by atoms with van der Waals surface area (Å²) in [5.74, 6) is -0.679. The summed E-state index contributed by atoms with van der Waals surface area (Å²) in [6.07, 6.45) is 4.99. The van der Waals surface area contributed by atoms with Crippen molar-refractivity contribution in [3.63, 3.8) is 0 Å². The molecule has 194 valence electrons. The van der Waals surface area contributed by atoms with Crippen molar-refractivity contribution >= 4 is 40.0 Å². The molecule has 38 heavy (non-hydrogen) atoms. The molecule has 1 heterocycles. The second kappa shape index (κ2) is 12.2. The Morgan fingerprint density at radius 2 is 1.89 bits per heavy atom. The topological polar surface area (TPSA) is 132 Å². The maximum atomic E-state index is 13.1. The van der Waals surface area contributed by atoms with Crippen molar-refractivity contribution in [1.29, 1.82) is 5.26 Å². The van der Waals surface area contributed by atoms with E-state index in [4.69, 9.17) is 9.47 Å². The smallest absolute Gasteiger partial charge is 0.341 e. The van der Waals surface area contributed by atoms with Gasteiger partial charge in [-0.25, -0.2) is 4.79 Å². The molecule has 0 saturated heterocycles. The van der Waals surface area contributed by atoms with Gasteiger partial charge in [0.2, 0.25) is 0 Å². The fraction of sp³-hybridized carbons (Fsp3) is 0.250. The molecule has 0 unspecified atom stereocenters. The number of thiophene rings is 1. The van der Waals surface area contributed by atoms with Crippen LogP contribution in [0, 0.1) is 21.4 Å². The lowest BCUT2D eigenvalue weighted by atomic mass is 9.95. The van der Waals surface area contributed by atoms with Gasteiger partial charge in [-0.05, 0) is 68.0 Å². The van der Waals surface area contributed by atoms with Crippen molar-refractivity contribution in [3.8, 4) is 11.8 Å². The number of hydrogen-bond donors (Lipinski definition) is 1. The highest BCUT2D eigenvalue weighted by Crippen LogP contribution is 2.39. The summed E-state index contributed by atoms with van der Waals surface area (Å²) in [4.78, 5) is 37.3. The Morgan fingerprint density at radius 1 is 1.16 bits per heavy atom. The number of carbonyl (C=O) groups excluding carboxylic acids is 2. The van der Waals surface area contributed by atoms with Crippen molar-refractivity contribution in [2.75, 3.05) is 11.9 Å². The van der Waals surface area contributed by atoms with Crippen molar-refractivity contribution in [3.05, 3.63) is 91.3 Å². The van der Waals surface area contributed by atoms with Crippen LogP contribution >= 0.6 is 11.3 Å². The van der Waals surface area contributed by atoms with Gasteiger partial charge in [0.05, 0.1) is 17.1 Å². The van der Waals surface area contributed by atoms with E-state index in [1.165, 1.54) is 29.5 Å². The first kappa shape index (κ1) is 26.6. The van der Waals surface area contributed by atoms with Crippen LogP contribution < -0.4 is 10.1 Å². The van der Waals surface area contributed by atoms with Gasteiger partial charge in [-0.2, -0.15) is 5.26 Å². The third kappa shape index (κ3) is 6.07. The number of carbonyl (C=O) groups is 2. The number of rotatable bonds is 9. The Hall–Kier alpha value is -4.49. The lowest BCUT2D eigenvalue weighted by Crippen LogP contribution is -2.16. The van der Waals surface area contributed by atoms with E-state index in [1.807, 2.05) is 6.07 Å². The Balaban J connectivity index is 1.55. The standard InChI is InChI=1S/C28H25N3O6S/c1-2-36-28(33)25-22-8-4-6-10-24(22)38-27(25)30-26(32)20(16-29)15-19-7-3-5-9-23(19)37-17-18-11-13-21(14-12-18)31(34)35/h3,5,7,9,11-15H,2,4,6,8,10,17H2,1H3,(H,30,32)/b20-15+. The van der Waals surface area contributed by atoms with Gasteiger partial charge >= 0.3 is 5.97 Å². The highest BCUT2D eigenvalue weighted by Gasteiger charge is 2.28. The number of aryl methyl sites for hydroxylation is 1. The zero-order chi connectivity index (χ0) is 27.1. The van der Waals surface area contributed by atoms with Crippen molar-refractivity contribution < 1.29 is 24.0 Å². The van der Waals surface area contributed by atoms with Gasteiger partial charge in [-0.3, -0.25) is 14.9 Å². The molecule has 0 bridgehead atoms. The molecule has 0 fully saturated rings. The van der Waals surface area contributed by atoms with E-state index in [1.54, 1.807) is 43.3 Å². The molecule has 0 saturated carbocycles. The minimum Gasteiger partial charge on any atom is -0.488 e.